The van der Waals surface area contributed by atoms with Crippen molar-refractivity contribution in [1.82, 2.24) is 0 Å². The largest absolute Gasteiger partial charge is 0.489 e. The van der Waals surface area contributed by atoms with Crippen molar-refractivity contribution in [2.24, 2.45) is 0 Å². The topological polar surface area (TPSA) is 35.5 Å². The van der Waals surface area contributed by atoms with Crippen LogP contribution >= 0.6 is 0 Å². The van der Waals surface area contributed by atoms with Crippen molar-refractivity contribution >= 4 is 5.97 Å². The number of ether oxygens (including phenoxy) is 2. The smallest absolute Gasteiger partial charge is 0.337 e. The Morgan fingerprint density at radius 2 is 1.89 bits per heavy atom. The van der Waals surface area contributed by atoms with E-state index in [2.05, 4.69) is 0 Å². The molecule has 0 saturated carbocycles. The van der Waals surface area contributed by atoms with Gasteiger partial charge >= 0.3 is 5.97 Å². The Bertz CT molecular complexity index is 576. The van der Waals surface area contributed by atoms with Crippen molar-refractivity contribution in [2.45, 2.75) is 13.5 Å². The van der Waals surface area contributed by atoms with Gasteiger partial charge in [-0.25, -0.2) is 4.79 Å². The molecule has 0 fully saturated rings. The second-order valence-electron chi connectivity index (χ2n) is 4.25. The van der Waals surface area contributed by atoms with E-state index in [0.29, 0.717) is 12.2 Å². The SMILES string of the molecule is COC(=O)c1cccc(COc2ccccc2C)c1. The normalized spacial score (nSPS) is 10.0. The lowest BCUT2D eigenvalue weighted by Gasteiger charge is -2.09. The van der Waals surface area contributed by atoms with Crippen molar-refractivity contribution in [3.8, 4) is 5.75 Å². The summed E-state index contributed by atoms with van der Waals surface area (Å²) in [5.41, 5.74) is 2.56. The highest BCUT2D eigenvalue weighted by molar-refractivity contribution is 5.89. The van der Waals surface area contributed by atoms with E-state index in [1.54, 1.807) is 12.1 Å². The van der Waals surface area contributed by atoms with Crippen molar-refractivity contribution in [3.05, 3.63) is 65.2 Å². The van der Waals surface area contributed by atoms with E-state index < -0.39 is 0 Å². The van der Waals surface area contributed by atoms with Crippen molar-refractivity contribution < 1.29 is 14.3 Å². The lowest BCUT2D eigenvalue weighted by Crippen LogP contribution is -2.03. The minimum atomic E-state index is -0.335. The number of aryl methyl sites for hydroxylation is 1. The van der Waals surface area contributed by atoms with Gasteiger partial charge in [-0.3, -0.25) is 0 Å². The standard InChI is InChI=1S/C16H16O3/c1-12-6-3-4-9-15(12)19-11-13-7-5-8-14(10-13)16(17)18-2/h3-10H,11H2,1-2H3. The molecule has 2 rings (SSSR count). The lowest BCUT2D eigenvalue weighted by molar-refractivity contribution is 0.0600. The molecule has 2 aromatic carbocycles. The second-order valence-corrected chi connectivity index (χ2v) is 4.25. The van der Waals surface area contributed by atoms with Gasteiger partial charge in [0.1, 0.15) is 12.4 Å². The Labute approximate surface area is 112 Å². The van der Waals surface area contributed by atoms with Gasteiger partial charge in [0.05, 0.1) is 12.7 Å². The van der Waals surface area contributed by atoms with Crippen LogP contribution in [0, 0.1) is 6.92 Å². The van der Waals surface area contributed by atoms with Gasteiger partial charge in [-0.15, -0.1) is 0 Å². The summed E-state index contributed by atoms with van der Waals surface area (Å²) in [6.07, 6.45) is 0. The number of carbonyl (C=O) groups excluding carboxylic acids is 1. The monoisotopic (exact) mass is 256 g/mol. The van der Waals surface area contributed by atoms with Crippen LogP contribution in [0.2, 0.25) is 0 Å². The minimum Gasteiger partial charge on any atom is -0.489 e. The maximum Gasteiger partial charge on any atom is 0.337 e. The van der Waals surface area contributed by atoms with Gasteiger partial charge < -0.3 is 9.47 Å². The van der Waals surface area contributed by atoms with Crippen LogP contribution in [-0.2, 0) is 11.3 Å². The fraction of sp³-hybridized carbons (Fsp3) is 0.188. The predicted octanol–water partition coefficient (Wildman–Crippen LogP) is 3.36. The molecule has 0 saturated heterocycles. The molecule has 0 aliphatic rings. The van der Waals surface area contributed by atoms with Crippen LogP contribution in [0.4, 0.5) is 0 Å². The second kappa shape index (κ2) is 6.05. The number of rotatable bonds is 4. The van der Waals surface area contributed by atoms with Gasteiger partial charge in [-0.1, -0.05) is 30.3 Å². The predicted molar refractivity (Wildman–Crippen MR) is 73.3 cm³/mol. The Morgan fingerprint density at radius 3 is 2.63 bits per heavy atom. The van der Waals surface area contributed by atoms with Crippen LogP contribution < -0.4 is 4.74 Å². The highest BCUT2D eigenvalue weighted by Gasteiger charge is 2.06. The third-order valence-electron chi connectivity index (χ3n) is 2.84. The first kappa shape index (κ1) is 13.1. The first-order chi connectivity index (χ1) is 9.20. The average Bonchev–Trinajstić information content (AvgIpc) is 2.46. The summed E-state index contributed by atoms with van der Waals surface area (Å²) in [5, 5.41) is 0. The highest BCUT2D eigenvalue weighted by Crippen LogP contribution is 2.18. The van der Waals surface area contributed by atoms with E-state index in [4.69, 9.17) is 9.47 Å². The van der Waals surface area contributed by atoms with Gasteiger partial charge in [0.2, 0.25) is 0 Å². The summed E-state index contributed by atoms with van der Waals surface area (Å²) in [6.45, 7) is 2.43. The molecule has 0 heterocycles. The van der Waals surface area contributed by atoms with Gasteiger partial charge in [0.15, 0.2) is 0 Å². The molecule has 0 N–H and O–H groups in total. The zero-order valence-electron chi connectivity index (χ0n) is 11.1. The zero-order valence-corrected chi connectivity index (χ0v) is 11.1. The van der Waals surface area contributed by atoms with Gasteiger partial charge in [-0.2, -0.15) is 0 Å². The third-order valence-corrected chi connectivity index (χ3v) is 2.84. The molecule has 0 aromatic heterocycles. The Kier molecular flexibility index (Phi) is 4.18. The molecule has 3 nitrogen and oxygen atoms in total. The average molecular weight is 256 g/mol. The molecular formula is C16H16O3. The molecule has 0 bridgehead atoms. The van der Waals surface area contributed by atoms with E-state index in [9.17, 15) is 4.79 Å². The number of esters is 1. The molecular weight excluding hydrogens is 240 g/mol. The molecule has 19 heavy (non-hydrogen) atoms. The van der Waals surface area contributed by atoms with Crippen LogP contribution in [0.25, 0.3) is 0 Å². The molecule has 98 valence electrons. The summed E-state index contributed by atoms with van der Waals surface area (Å²) in [6, 6.07) is 15.1. The molecule has 0 unspecified atom stereocenters. The molecule has 0 atom stereocenters. The molecule has 0 aliphatic heterocycles. The van der Waals surface area contributed by atoms with E-state index in [0.717, 1.165) is 16.9 Å². The first-order valence-electron chi connectivity index (χ1n) is 6.06. The summed E-state index contributed by atoms with van der Waals surface area (Å²) < 4.78 is 10.4. The first-order valence-corrected chi connectivity index (χ1v) is 6.06. The maximum absolute atomic E-state index is 11.4. The van der Waals surface area contributed by atoms with Crippen LogP contribution in [0.3, 0.4) is 0 Å². The van der Waals surface area contributed by atoms with Gasteiger partial charge in [0.25, 0.3) is 0 Å². The Balaban J connectivity index is 2.08. The van der Waals surface area contributed by atoms with Crippen molar-refractivity contribution in [1.29, 1.82) is 0 Å². The fourth-order valence-corrected chi connectivity index (χ4v) is 1.79. The summed E-state index contributed by atoms with van der Waals surface area (Å²) >= 11 is 0. The number of benzene rings is 2. The Hall–Kier alpha value is -2.29. The fourth-order valence-electron chi connectivity index (χ4n) is 1.79. The molecule has 2 aromatic rings. The van der Waals surface area contributed by atoms with Crippen LogP contribution in [0.5, 0.6) is 5.75 Å². The number of hydrogen-bond acceptors (Lipinski definition) is 3. The highest BCUT2D eigenvalue weighted by atomic mass is 16.5. The molecule has 0 aliphatic carbocycles. The van der Waals surface area contributed by atoms with Gasteiger partial charge in [-0.05, 0) is 36.2 Å². The van der Waals surface area contributed by atoms with Crippen molar-refractivity contribution in [2.75, 3.05) is 7.11 Å². The minimum absolute atomic E-state index is 0.335. The van der Waals surface area contributed by atoms with Crippen molar-refractivity contribution in [3.63, 3.8) is 0 Å². The maximum atomic E-state index is 11.4. The van der Waals surface area contributed by atoms with E-state index in [-0.39, 0.29) is 5.97 Å². The summed E-state index contributed by atoms with van der Waals surface area (Å²) in [5.74, 6) is 0.517. The molecule has 3 heteroatoms. The number of para-hydroxylation sites is 1. The molecule has 0 radical (unpaired) electrons. The van der Waals surface area contributed by atoms with Crippen LogP contribution in [0.15, 0.2) is 48.5 Å². The summed E-state index contributed by atoms with van der Waals surface area (Å²) in [4.78, 5) is 11.4. The van der Waals surface area contributed by atoms with Crippen LogP contribution in [0.1, 0.15) is 21.5 Å². The van der Waals surface area contributed by atoms with E-state index in [1.165, 1.54) is 7.11 Å². The quantitative estimate of drug-likeness (QED) is 0.787. The van der Waals surface area contributed by atoms with Crippen LogP contribution in [-0.4, -0.2) is 13.1 Å². The summed E-state index contributed by atoms with van der Waals surface area (Å²) in [7, 11) is 1.37. The Morgan fingerprint density at radius 1 is 1.11 bits per heavy atom. The number of carbonyl (C=O) groups is 1. The molecule has 0 amide bonds. The zero-order chi connectivity index (χ0) is 13.7. The van der Waals surface area contributed by atoms with E-state index >= 15 is 0 Å². The van der Waals surface area contributed by atoms with E-state index in [1.807, 2.05) is 43.3 Å². The lowest BCUT2D eigenvalue weighted by atomic mass is 10.1. The molecule has 0 spiro atoms. The van der Waals surface area contributed by atoms with Gasteiger partial charge in [0, 0.05) is 0 Å². The number of methoxy groups -OCH3 is 1. The third kappa shape index (κ3) is 3.35. The number of hydrogen-bond donors (Lipinski definition) is 0.